The van der Waals surface area contributed by atoms with Gasteiger partial charge < -0.3 is 5.73 Å². The monoisotopic (exact) mass is 186 g/mol. The van der Waals surface area contributed by atoms with Gasteiger partial charge in [0.15, 0.2) is 0 Å². The maximum atomic E-state index is 11.3. The molecule has 4 heteroatoms. The first kappa shape index (κ1) is 7.32. The molecule has 0 saturated heterocycles. The summed E-state index contributed by atoms with van der Waals surface area (Å²) in [5.41, 5.74) is 5.56. The molecule has 4 nitrogen and oxygen atoms in total. The SMILES string of the molecule is Nc1ccc2c3c(=O)[nH]c(=O)c=3c2c1. The van der Waals surface area contributed by atoms with Crippen molar-refractivity contribution in [1.82, 2.24) is 4.98 Å². The van der Waals surface area contributed by atoms with Crippen LogP contribution in [0.25, 0.3) is 10.8 Å². The maximum absolute atomic E-state index is 11.3. The summed E-state index contributed by atoms with van der Waals surface area (Å²) in [4.78, 5) is 24.8. The number of fused-ring (bicyclic) bond motifs is 3. The predicted octanol–water partition coefficient (Wildman–Crippen LogP) is 0.0709. The molecule has 3 N–H and O–H groups in total. The van der Waals surface area contributed by atoms with E-state index < -0.39 is 0 Å². The normalized spacial score (nSPS) is 11.7. The second kappa shape index (κ2) is 2.04. The molecule has 3 rings (SSSR count). The molecule has 68 valence electrons. The van der Waals surface area contributed by atoms with Crippen molar-refractivity contribution in [1.29, 1.82) is 0 Å². The van der Waals surface area contributed by atoms with Crippen LogP contribution in [0.1, 0.15) is 0 Å². The Balaban J connectivity index is 2.76. The standard InChI is InChI=1S/C10H6N2O2/c11-4-1-2-5-6(3-4)8-7(5)9(13)12-10(8)14/h1-3H,11H2,(H,12,13,14). The minimum atomic E-state index is -0.317. The first-order valence-electron chi connectivity index (χ1n) is 4.18. The molecule has 1 aliphatic carbocycles. The van der Waals surface area contributed by atoms with E-state index >= 15 is 0 Å². The summed E-state index contributed by atoms with van der Waals surface area (Å²) in [6.45, 7) is 0. The summed E-state index contributed by atoms with van der Waals surface area (Å²) in [7, 11) is 0. The van der Waals surface area contributed by atoms with Crippen LogP contribution in [0.15, 0.2) is 27.8 Å². The summed E-state index contributed by atoms with van der Waals surface area (Å²) in [6, 6.07) is 5.20. The summed E-state index contributed by atoms with van der Waals surface area (Å²) in [6.07, 6.45) is 0. The number of benzene rings is 1. The molecule has 1 aromatic rings. The van der Waals surface area contributed by atoms with Crippen molar-refractivity contribution in [2.45, 2.75) is 0 Å². The highest BCUT2D eigenvalue weighted by Crippen LogP contribution is 2.22. The molecular formula is C10H6N2O2. The van der Waals surface area contributed by atoms with Crippen molar-refractivity contribution in [2.75, 3.05) is 5.73 Å². The van der Waals surface area contributed by atoms with Gasteiger partial charge >= 0.3 is 0 Å². The summed E-state index contributed by atoms with van der Waals surface area (Å²) < 4.78 is 0. The van der Waals surface area contributed by atoms with Crippen molar-refractivity contribution in [3.8, 4) is 0 Å². The molecule has 1 heterocycles. The zero-order chi connectivity index (χ0) is 9.87. The van der Waals surface area contributed by atoms with Crippen molar-refractivity contribution < 1.29 is 0 Å². The number of aromatic amines is 1. The number of rotatable bonds is 0. The van der Waals surface area contributed by atoms with Crippen molar-refractivity contribution in [3.63, 3.8) is 0 Å². The lowest BCUT2D eigenvalue weighted by Gasteiger charge is -2.02. The van der Waals surface area contributed by atoms with Crippen LogP contribution in [0.2, 0.25) is 0 Å². The van der Waals surface area contributed by atoms with E-state index in [1.54, 1.807) is 18.2 Å². The quantitative estimate of drug-likeness (QED) is 0.488. The molecule has 0 amide bonds. The number of aromatic nitrogens is 1. The Bertz CT molecular complexity index is 775. The molecular weight excluding hydrogens is 180 g/mol. The van der Waals surface area contributed by atoms with E-state index in [1.165, 1.54) is 0 Å². The molecule has 1 aliphatic heterocycles. The van der Waals surface area contributed by atoms with Gasteiger partial charge in [0.1, 0.15) is 0 Å². The number of H-pyrrole nitrogens is 1. The van der Waals surface area contributed by atoms with E-state index in [0.29, 0.717) is 16.1 Å². The molecule has 0 aromatic heterocycles. The molecule has 0 saturated carbocycles. The maximum Gasteiger partial charge on any atom is 0.259 e. The fourth-order valence-corrected chi connectivity index (χ4v) is 1.89. The van der Waals surface area contributed by atoms with E-state index in [4.69, 9.17) is 5.73 Å². The highest BCUT2D eigenvalue weighted by atomic mass is 16.2. The Kier molecular flexibility index (Phi) is 1.06. The first-order chi connectivity index (χ1) is 6.68. The Morgan fingerprint density at radius 1 is 1.00 bits per heavy atom. The number of hydrogen-bond donors (Lipinski definition) is 2. The molecule has 1 aromatic carbocycles. The van der Waals surface area contributed by atoms with Crippen LogP contribution in [0.5, 0.6) is 0 Å². The molecule has 0 fully saturated rings. The molecule has 0 unspecified atom stereocenters. The molecule has 0 atom stereocenters. The first-order valence-corrected chi connectivity index (χ1v) is 4.18. The minimum absolute atomic E-state index is 0.303. The average molecular weight is 186 g/mol. The number of nitrogens with one attached hydrogen (secondary N) is 1. The summed E-state index contributed by atoms with van der Waals surface area (Å²) in [5.74, 6) is 0. The number of anilines is 1. The Hall–Kier alpha value is -2.10. The number of nitrogen functional groups attached to an aromatic ring is 1. The fraction of sp³-hybridized carbons (Fsp3) is 0. The third kappa shape index (κ3) is 0.644. The van der Waals surface area contributed by atoms with Gasteiger partial charge in [0.05, 0.1) is 10.4 Å². The van der Waals surface area contributed by atoms with E-state index in [9.17, 15) is 9.59 Å². The molecule has 0 spiro atoms. The molecule has 0 bridgehead atoms. The number of hydrogen-bond acceptors (Lipinski definition) is 3. The van der Waals surface area contributed by atoms with Crippen LogP contribution in [0.4, 0.5) is 5.69 Å². The zero-order valence-corrected chi connectivity index (χ0v) is 7.13. The van der Waals surface area contributed by atoms with E-state index in [1.807, 2.05) is 0 Å². The van der Waals surface area contributed by atoms with Gasteiger partial charge in [-0.2, -0.15) is 0 Å². The zero-order valence-electron chi connectivity index (χ0n) is 7.13. The predicted molar refractivity (Wildman–Crippen MR) is 52.9 cm³/mol. The van der Waals surface area contributed by atoms with Crippen molar-refractivity contribution in [3.05, 3.63) is 49.3 Å². The molecule has 2 aliphatic rings. The Morgan fingerprint density at radius 2 is 1.64 bits per heavy atom. The average Bonchev–Trinajstić information content (AvgIpc) is 2.33. The Labute approximate surface area is 77.3 Å². The van der Waals surface area contributed by atoms with Crippen LogP contribution in [-0.2, 0) is 0 Å². The van der Waals surface area contributed by atoms with E-state index in [-0.39, 0.29) is 11.1 Å². The molecule has 0 radical (unpaired) electrons. The van der Waals surface area contributed by atoms with Gasteiger partial charge in [0.2, 0.25) is 0 Å². The lowest BCUT2D eigenvalue weighted by Crippen LogP contribution is -2.06. The van der Waals surface area contributed by atoms with Gasteiger partial charge in [-0.05, 0) is 22.9 Å². The van der Waals surface area contributed by atoms with Crippen LogP contribution in [0.3, 0.4) is 0 Å². The van der Waals surface area contributed by atoms with Crippen LogP contribution in [-0.4, -0.2) is 4.98 Å². The lowest BCUT2D eigenvalue weighted by molar-refractivity contribution is 1.23. The third-order valence-corrected chi connectivity index (χ3v) is 2.51. The van der Waals surface area contributed by atoms with E-state index in [0.717, 1.165) is 10.8 Å². The summed E-state index contributed by atoms with van der Waals surface area (Å²) >= 11 is 0. The minimum Gasteiger partial charge on any atom is -0.399 e. The lowest BCUT2D eigenvalue weighted by atomic mass is 10.0. The smallest absolute Gasteiger partial charge is 0.259 e. The van der Waals surface area contributed by atoms with Gasteiger partial charge in [-0.15, -0.1) is 0 Å². The van der Waals surface area contributed by atoms with Gasteiger partial charge in [0, 0.05) is 5.69 Å². The van der Waals surface area contributed by atoms with Gasteiger partial charge in [-0.1, -0.05) is 6.07 Å². The van der Waals surface area contributed by atoms with Crippen molar-refractivity contribution >= 4 is 16.5 Å². The second-order valence-electron chi connectivity index (χ2n) is 3.34. The summed E-state index contributed by atoms with van der Waals surface area (Å²) in [5, 5.41) is 2.59. The third-order valence-electron chi connectivity index (χ3n) is 2.51. The molecule has 14 heavy (non-hydrogen) atoms. The van der Waals surface area contributed by atoms with Crippen molar-refractivity contribution in [2.24, 2.45) is 0 Å². The fourth-order valence-electron chi connectivity index (χ4n) is 1.89. The van der Waals surface area contributed by atoms with Crippen LogP contribution < -0.4 is 16.9 Å². The highest BCUT2D eigenvalue weighted by Gasteiger charge is 2.13. The largest absolute Gasteiger partial charge is 0.399 e. The Morgan fingerprint density at radius 3 is 2.36 bits per heavy atom. The highest BCUT2D eigenvalue weighted by molar-refractivity contribution is 5.91. The van der Waals surface area contributed by atoms with Crippen LogP contribution >= 0.6 is 0 Å². The van der Waals surface area contributed by atoms with Gasteiger partial charge in [-0.25, -0.2) is 0 Å². The topological polar surface area (TPSA) is 76.0 Å². The van der Waals surface area contributed by atoms with Crippen LogP contribution in [0, 0.1) is 10.4 Å². The number of nitrogens with two attached hydrogens (primary N) is 1. The van der Waals surface area contributed by atoms with Gasteiger partial charge in [-0.3, -0.25) is 14.6 Å². The second-order valence-corrected chi connectivity index (χ2v) is 3.34. The van der Waals surface area contributed by atoms with Gasteiger partial charge in [0.25, 0.3) is 11.1 Å². The van der Waals surface area contributed by atoms with E-state index in [2.05, 4.69) is 4.98 Å².